The van der Waals surface area contributed by atoms with E-state index in [4.69, 9.17) is 4.74 Å². The van der Waals surface area contributed by atoms with E-state index in [1.54, 1.807) is 18.3 Å². The molecule has 0 aromatic carbocycles. The minimum atomic E-state index is -4.29. The lowest BCUT2D eigenvalue weighted by Crippen LogP contribution is -2.28. The number of anilines is 2. The molecule has 0 amide bonds. The van der Waals surface area contributed by atoms with Gasteiger partial charge in [-0.05, 0) is 31.0 Å². The maximum atomic E-state index is 12.4. The number of pyridine rings is 2. The zero-order valence-corrected chi connectivity index (χ0v) is 15.0. The van der Waals surface area contributed by atoms with Gasteiger partial charge in [-0.25, -0.2) is 9.97 Å². The molecule has 28 heavy (non-hydrogen) atoms. The van der Waals surface area contributed by atoms with Crippen molar-refractivity contribution in [2.75, 3.05) is 30.4 Å². The van der Waals surface area contributed by atoms with Gasteiger partial charge in [-0.1, -0.05) is 0 Å². The number of nitrogens with one attached hydrogen (secondary N) is 3. The Bertz CT molecular complexity index is 950. The Hall–Kier alpha value is -2.81. The topological polar surface area (TPSA) is 74.9 Å². The molecule has 1 fully saturated rings. The number of hydrogen-bond donors (Lipinski definition) is 3. The Morgan fingerprint density at radius 1 is 1.11 bits per heavy atom. The number of fused-ring (bicyclic) bond motifs is 1. The number of alkyl halides is 3. The molecule has 0 bridgehead atoms. The van der Waals surface area contributed by atoms with Gasteiger partial charge in [0.1, 0.15) is 18.2 Å². The smallest absolute Gasteiger partial charge is 0.381 e. The fourth-order valence-corrected chi connectivity index (χ4v) is 3.20. The van der Waals surface area contributed by atoms with Crippen LogP contribution in [0.5, 0.6) is 0 Å². The molecule has 1 aliphatic heterocycles. The van der Waals surface area contributed by atoms with Gasteiger partial charge in [0, 0.05) is 54.4 Å². The van der Waals surface area contributed by atoms with Crippen molar-refractivity contribution in [2.45, 2.75) is 25.1 Å². The normalized spacial score (nSPS) is 15.7. The number of aromatic amines is 1. The number of H-pyrrole nitrogens is 1. The third-order valence-electron chi connectivity index (χ3n) is 4.62. The molecular weight excluding hydrogens is 371 g/mol. The van der Waals surface area contributed by atoms with E-state index in [0.29, 0.717) is 6.04 Å². The molecule has 148 valence electrons. The molecule has 0 aliphatic carbocycles. The first-order valence-electron chi connectivity index (χ1n) is 9.06. The molecule has 9 heteroatoms. The van der Waals surface area contributed by atoms with Crippen molar-refractivity contribution >= 4 is 22.5 Å². The van der Waals surface area contributed by atoms with Crippen molar-refractivity contribution in [2.24, 2.45) is 0 Å². The van der Waals surface area contributed by atoms with Crippen LogP contribution in [0.3, 0.4) is 0 Å². The molecule has 1 aliphatic rings. The maximum Gasteiger partial charge on any atom is 0.405 e. The summed E-state index contributed by atoms with van der Waals surface area (Å²) < 4.78 is 42.5. The molecule has 1 saturated heterocycles. The zero-order chi connectivity index (χ0) is 19.6. The fraction of sp³-hybridized carbons (Fsp3) is 0.368. The van der Waals surface area contributed by atoms with Crippen LogP contribution in [-0.2, 0) is 4.74 Å². The van der Waals surface area contributed by atoms with Crippen molar-refractivity contribution < 1.29 is 17.9 Å². The lowest BCUT2D eigenvalue weighted by Gasteiger charge is -2.23. The van der Waals surface area contributed by atoms with E-state index in [1.165, 1.54) is 6.20 Å². The average molecular weight is 391 g/mol. The summed E-state index contributed by atoms with van der Waals surface area (Å²) in [6, 6.07) is 7.54. The lowest BCUT2D eigenvalue weighted by atomic mass is 10.1. The summed E-state index contributed by atoms with van der Waals surface area (Å²) in [6.07, 6.45) is 0.857. The molecular formula is C19H20F3N5O. The van der Waals surface area contributed by atoms with Gasteiger partial charge < -0.3 is 20.4 Å². The third kappa shape index (κ3) is 4.53. The van der Waals surface area contributed by atoms with Gasteiger partial charge in [0.05, 0.1) is 5.52 Å². The highest BCUT2D eigenvalue weighted by Crippen LogP contribution is 2.27. The number of aromatic nitrogens is 3. The predicted octanol–water partition coefficient (Wildman–Crippen LogP) is 4.19. The SMILES string of the molecule is FC(F)(F)CNc1cc(-c2cc3cnc(NC4CCOCC4)cc3[nH]2)ccn1. The van der Waals surface area contributed by atoms with Crippen molar-refractivity contribution in [1.29, 1.82) is 0 Å². The first-order valence-corrected chi connectivity index (χ1v) is 9.06. The van der Waals surface area contributed by atoms with Crippen molar-refractivity contribution in [3.63, 3.8) is 0 Å². The van der Waals surface area contributed by atoms with Crippen molar-refractivity contribution in [1.82, 2.24) is 15.0 Å². The van der Waals surface area contributed by atoms with Crippen LogP contribution in [0.15, 0.2) is 36.7 Å². The van der Waals surface area contributed by atoms with Gasteiger partial charge in [0.2, 0.25) is 0 Å². The van der Waals surface area contributed by atoms with Gasteiger partial charge in [0.15, 0.2) is 0 Å². The third-order valence-corrected chi connectivity index (χ3v) is 4.62. The summed E-state index contributed by atoms with van der Waals surface area (Å²) >= 11 is 0. The second kappa shape index (κ2) is 7.67. The Morgan fingerprint density at radius 2 is 1.93 bits per heavy atom. The summed E-state index contributed by atoms with van der Waals surface area (Å²) in [5.41, 5.74) is 2.44. The molecule has 0 saturated carbocycles. The van der Waals surface area contributed by atoms with E-state index in [1.807, 2.05) is 12.1 Å². The van der Waals surface area contributed by atoms with Crippen molar-refractivity contribution in [3.05, 3.63) is 36.7 Å². The Labute approximate surface area is 159 Å². The quantitative estimate of drug-likeness (QED) is 0.608. The molecule has 4 heterocycles. The molecule has 3 aromatic heterocycles. The monoisotopic (exact) mass is 391 g/mol. The molecule has 0 spiro atoms. The van der Waals surface area contributed by atoms with Crippen LogP contribution in [0.2, 0.25) is 0 Å². The van der Waals surface area contributed by atoms with Crippen molar-refractivity contribution in [3.8, 4) is 11.3 Å². The van der Waals surface area contributed by atoms with Crippen LogP contribution in [0, 0.1) is 0 Å². The molecule has 3 N–H and O–H groups in total. The molecule has 3 aromatic rings. The van der Waals surface area contributed by atoms with Gasteiger partial charge in [-0.2, -0.15) is 13.2 Å². The molecule has 4 rings (SSSR count). The zero-order valence-electron chi connectivity index (χ0n) is 15.0. The van der Waals surface area contributed by atoms with E-state index in [-0.39, 0.29) is 5.82 Å². The van der Waals surface area contributed by atoms with Gasteiger partial charge in [0.25, 0.3) is 0 Å². The highest BCUT2D eigenvalue weighted by Gasteiger charge is 2.26. The number of hydrogen-bond acceptors (Lipinski definition) is 5. The van der Waals surface area contributed by atoms with Gasteiger partial charge in [-0.3, -0.25) is 0 Å². The van der Waals surface area contributed by atoms with Crippen LogP contribution in [0.1, 0.15) is 12.8 Å². The first-order chi connectivity index (χ1) is 13.5. The number of nitrogens with zero attached hydrogens (tertiary/aromatic N) is 2. The first kappa shape index (κ1) is 18.5. The number of rotatable bonds is 5. The maximum absolute atomic E-state index is 12.4. The minimum absolute atomic E-state index is 0.175. The largest absolute Gasteiger partial charge is 0.405 e. The van der Waals surface area contributed by atoms with Gasteiger partial charge in [-0.15, -0.1) is 0 Å². The highest BCUT2D eigenvalue weighted by molar-refractivity contribution is 5.87. The van der Waals surface area contributed by atoms with Crippen LogP contribution >= 0.6 is 0 Å². The van der Waals surface area contributed by atoms with Crippen LogP contribution < -0.4 is 10.6 Å². The van der Waals surface area contributed by atoms with E-state index in [9.17, 15) is 13.2 Å². The number of ether oxygens (including phenoxy) is 1. The second-order valence-electron chi connectivity index (χ2n) is 6.77. The van der Waals surface area contributed by atoms with Gasteiger partial charge >= 0.3 is 6.18 Å². The molecule has 0 atom stereocenters. The number of halogens is 3. The standard InChI is InChI=1S/C19H20F3N5O/c20-19(21,22)11-25-17-8-12(1-4-23-17)15-7-13-10-24-18(9-16(13)27-15)26-14-2-5-28-6-3-14/h1,4,7-10,14,27H,2-3,5-6,11H2,(H,23,25)(H,24,26). The molecule has 6 nitrogen and oxygen atoms in total. The Balaban J connectivity index is 1.52. The summed E-state index contributed by atoms with van der Waals surface area (Å²) in [5.74, 6) is 0.962. The second-order valence-corrected chi connectivity index (χ2v) is 6.77. The Kier molecular flexibility index (Phi) is 5.08. The van der Waals surface area contributed by atoms with Crippen LogP contribution in [0.4, 0.5) is 24.8 Å². The highest BCUT2D eigenvalue weighted by atomic mass is 19.4. The fourth-order valence-electron chi connectivity index (χ4n) is 3.20. The van der Waals surface area contributed by atoms with E-state index in [2.05, 4.69) is 25.6 Å². The van der Waals surface area contributed by atoms with E-state index in [0.717, 1.165) is 54.0 Å². The minimum Gasteiger partial charge on any atom is -0.381 e. The molecule has 0 unspecified atom stereocenters. The van der Waals surface area contributed by atoms with E-state index < -0.39 is 12.7 Å². The Morgan fingerprint density at radius 3 is 2.71 bits per heavy atom. The summed E-state index contributed by atoms with van der Waals surface area (Å²) in [7, 11) is 0. The average Bonchev–Trinajstić information content (AvgIpc) is 3.10. The van der Waals surface area contributed by atoms with Crippen LogP contribution in [-0.4, -0.2) is 46.9 Å². The predicted molar refractivity (Wildman–Crippen MR) is 101 cm³/mol. The summed E-state index contributed by atoms with van der Waals surface area (Å²) in [4.78, 5) is 11.7. The summed E-state index contributed by atoms with van der Waals surface area (Å²) in [5, 5.41) is 6.65. The van der Waals surface area contributed by atoms with E-state index >= 15 is 0 Å². The summed E-state index contributed by atoms with van der Waals surface area (Å²) in [6.45, 7) is 0.375. The van der Waals surface area contributed by atoms with Crippen LogP contribution in [0.25, 0.3) is 22.2 Å². The molecule has 0 radical (unpaired) electrons. The lowest BCUT2D eigenvalue weighted by molar-refractivity contribution is -0.115.